The largest absolute Gasteiger partial charge is 0.310 e. The molecule has 59 heavy (non-hydrogen) atoms. The van der Waals surface area contributed by atoms with Crippen LogP contribution in [0, 0.1) is 0 Å². The average molecular weight is 750 g/mol. The van der Waals surface area contributed by atoms with Crippen molar-refractivity contribution in [2.24, 2.45) is 0 Å². The van der Waals surface area contributed by atoms with Gasteiger partial charge in [-0.05, 0) is 113 Å². The zero-order valence-electron chi connectivity index (χ0n) is 32.5. The highest BCUT2D eigenvalue weighted by Crippen LogP contribution is 2.45. The third-order valence-electron chi connectivity index (χ3n) is 11.9. The maximum atomic E-state index is 2.45. The van der Waals surface area contributed by atoms with Crippen molar-refractivity contribution in [3.8, 4) is 44.5 Å². The number of rotatable bonds is 7. The van der Waals surface area contributed by atoms with E-state index in [0.717, 1.165) is 17.1 Å². The van der Waals surface area contributed by atoms with Crippen LogP contribution in [-0.4, -0.2) is 0 Å². The molecule has 0 heterocycles. The fourth-order valence-corrected chi connectivity index (χ4v) is 9.00. The lowest BCUT2D eigenvalue weighted by atomic mass is 9.91. The molecule has 0 saturated carbocycles. The summed E-state index contributed by atoms with van der Waals surface area (Å²) in [5, 5.41) is 9.94. The van der Waals surface area contributed by atoms with Crippen molar-refractivity contribution in [2.75, 3.05) is 4.90 Å². The lowest BCUT2D eigenvalue weighted by Gasteiger charge is -2.29. The summed E-state index contributed by atoms with van der Waals surface area (Å²) in [5.41, 5.74) is 13.0. The highest BCUT2D eigenvalue weighted by atomic mass is 15.1. The Kier molecular flexibility index (Phi) is 8.56. The van der Waals surface area contributed by atoms with Crippen LogP contribution in [0.3, 0.4) is 0 Å². The highest BCUT2D eigenvalue weighted by Gasteiger charge is 2.20. The molecule has 0 aliphatic rings. The first-order valence-electron chi connectivity index (χ1n) is 20.3. The Morgan fingerprint density at radius 1 is 0.220 bits per heavy atom. The Morgan fingerprint density at radius 3 is 1.29 bits per heavy atom. The molecule has 0 radical (unpaired) electrons. The first-order valence-corrected chi connectivity index (χ1v) is 20.3. The standard InChI is InChI=1S/C58H39N/c1-2-14-42(15-3-1)57-39-48(36-37-54(57)44-30-28-43(29-31-44)51-26-12-19-40-16-4-7-21-49(40)51)59(58-38-46-18-6-9-23-53(46)55-24-10-11-25-56(55)58)47-34-32-45(33-35-47)52-27-13-20-41-17-5-8-22-50(41)52/h1-39H. The molecule has 0 fully saturated rings. The van der Waals surface area contributed by atoms with Gasteiger partial charge >= 0.3 is 0 Å². The maximum absolute atomic E-state index is 2.45. The zero-order chi connectivity index (χ0) is 39.1. The molecule has 1 nitrogen and oxygen atoms in total. The molecule has 0 N–H and O–H groups in total. The molecule has 11 aromatic rings. The van der Waals surface area contributed by atoms with E-state index in [1.807, 2.05) is 0 Å². The van der Waals surface area contributed by atoms with Crippen LogP contribution in [0.2, 0.25) is 0 Å². The molecule has 0 saturated heterocycles. The minimum Gasteiger partial charge on any atom is -0.310 e. The summed E-state index contributed by atoms with van der Waals surface area (Å²) in [4.78, 5) is 2.45. The number of nitrogens with zero attached hydrogens (tertiary/aromatic N) is 1. The molecule has 0 bridgehead atoms. The van der Waals surface area contributed by atoms with E-state index < -0.39 is 0 Å². The second-order valence-electron chi connectivity index (χ2n) is 15.3. The fraction of sp³-hybridized carbons (Fsp3) is 0. The molecule has 0 aromatic heterocycles. The zero-order valence-corrected chi connectivity index (χ0v) is 32.5. The summed E-state index contributed by atoms with van der Waals surface area (Å²) >= 11 is 0. The van der Waals surface area contributed by atoms with Crippen molar-refractivity contribution in [1.82, 2.24) is 0 Å². The Hall–Kier alpha value is -7.74. The van der Waals surface area contributed by atoms with Crippen LogP contribution in [0.25, 0.3) is 87.6 Å². The molecule has 0 spiro atoms. The summed E-state index contributed by atoms with van der Waals surface area (Å²) in [6, 6.07) is 86.3. The van der Waals surface area contributed by atoms with E-state index in [1.165, 1.54) is 87.6 Å². The van der Waals surface area contributed by atoms with Crippen molar-refractivity contribution < 1.29 is 0 Å². The molecule has 276 valence electrons. The van der Waals surface area contributed by atoms with E-state index in [4.69, 9.17) is 0 Å². The van der Waals surface area contributed by atoms with Crippen molar-refractivity contribution >= 4 is 60.2 Å². The van der Waals surface area contributed by atoms with E-state index in [0.29, 0.717) is 0 Å². The van der Waals surface area contributed by atoms with E-state index in [1.54, 1.807) is 0 Å². The van der Waals surface area contributed by atoms with Gasteiger partial charge in [-0.1, -0.05) is 206 Å². The highest BCUT2D eigenvalue weighted by molar-refractivity contribution is 6.15. The van der Waals surface area contributed by atoms with Gasteiger partial charge in [0.1, 0.15) is 0 Å². The number of fused-ring (bicyclic) bond motifs is 5. The minimum atomic E-state index is 1.10. The third kappa shape index (κ3) is 6.21. The predicted molar refractivity (Wildman–Crippen MR) is 253 cm³/mol. The van der Waals surface area contributed by atoms with Gasteiger partial charge < -0.3 is 4.90 Å². The van der Waals surface area contributed by atoms with Gasteiger partial charge in [-0.2, -0.15) is 0 Å². The lowest BCUT2D eigenvalue weighted by Crippen LogP contribution is -2.11. The average Bonchev–Trinajstić information content (AvgIpc) is 3.32. The molecule has 0 atom stereocenters. The summed E-state index contributed by atoms with van der Waals surface area (Å²) < 4.78 is 0. The maximum Gasteiger partial charge on any atom is 0.0546 e. The minimum absolute atomic E-state index is 1.10. The van der Waals surface area contributed by atoms with Gasteiger partial charge in [0.25, 0.3) is 0 Å². The van der Waals surface area contributed by atoms with Crippen LogP contribution in [0.4, 0.5) is 17.1 Å². The second kappa shape index (κ2) is 14.6. The van der Waals surface area contributed by atoms with Crippen LogP contribution >= 0.6 is 0 Å². The first-order chi connectivity index (χ1) is 29.3. The molecule has 0 aliphatic heterocycles. The Balaban J connectivity index is 1.09. The van der Waals surface area contributed by atoms with Gasteiger partial charge in [-0.3, -0.25) is 0 Å². The smallest absolute Gasteiger partial charge is 0.0546 e. The van der Waals surface area contributed by atoms with Gasteiger partial charge in [0.2, 0.25) is 0 Å². The number of anilines is 3. The van der Waals surface area contributed by atoms with E-state index in [2.05, 4.69) is 241 Å². The molecular formula is C58H39N. The van der Waals surface area contributed by atoms with E-state index >= 15 is 0 Å². The number of hydrogen-bond acceptors (Lipinski definition) is 1. The summed E-state index contributed by atoms with van der Waals surface area (Å²) in [5.74, 6) is 0. The molecule has 0 unspecified atom stereocenters. The second-order valence-corrected chi connectivity index (χ2v) is 15.3. The number of hydrogen-bond donors (Lipinski definition) is 0. The van der Waals surface area contributed by atoms with E-state index in [9.17, 15) is 0 Å². The van der Waals surface area contributed by atoms with Crippen LogP contribution in [-0.2, 0) is 0 Å². The Bertz CT molecular complexity index is 3300. The molecule has 11 rings (SSSR count). The SMILES string of the molecule is c1ccc(-c2cc(N(c3ccc(-c4cccc5ccccc45)cc3)c3cc4ccccc4c4ccccc34)ccc2-c2ccc(-c3cccc4ccccc34)cc2)cc1. The first kappa shape index (κ1) is 34.5. The van der Waals surface area contributed by atoms with E-state index in [-0.39, 0.29) is 0 Å². The fourth-order valence-electron chi connectivity index (χ4n) is 9.00. The topological polar surface area (TPSA) is 3.24 Å². The molecular weight excluding hydrogens is 711 g/mol. The van der Waals surface area contributed by atoms with Crippen LogP contribution in [0.1, 0.15) is 0 Å². The monoisotopic (exact) mass is 749 g/mol. The normalized spacial score (nSPS) is 11.4. The van der Waals surface area contributed by atoms with Crippen LogP contribution < -0.4 is 4.90 Å². The van der Waals surface area contributed by atoms with Crippen molar-refractivity contribution in [2.45, 2.75) is 0 Å². The van der Waals surface area contributed by atoms with Gasteiger partial charge in [0, 0.05) is 16.8 Å². The van der Waals surface area contributed by atoms with Gasteiger partial charge in [0.15, 0.2) is 0 Å². The Labute approximate surface area is 344 Å². The van der Waals surface area contributed by atoms with Crippen LogP contribution in [0.5, 0.6) is 0 Å². The third-order valence-corrected chi connectivity index (χ3v) is 11.9. The number of benzene rings is 11. The van der Waals surface area contributed by atoms with Crippen molar-refractivity contribution in [3.05, 3.63) is 237 Å². The van der Waals surface area contributed by atoms with Gasteiger partial charge in [0.05, 0.1) is 5.69 Å². The quantitative estimate of drug-likeness (QED) is 0.147. The molecule has 1 heteroatoms. The summed E-state index contributed by atoms with van der Waals surface area (Å²) in [6.45, 7) is 0. The summed E-state index contributed by atoms with van der Waals surface area (Å²) in [7, 11) is 0. The Morgan fingerprint density at radius 2 is 0.661 bits per heavy atom. The molecule has 0 amide bonds. The predicted octanol–water partition coefficient (Wildman–Crippen LogP) is 16.4. The molecule has 11 aromatic carbocycles. The lowest BCUT2D eigenvalue weighted by molar-refractivity contribution is 1.30. The van der Waals surface area contributed by atoms with Gasteiger partial charge in [-0.25, -0.2) is 0 Å². The van der Waals surface area contributed by atoms with Crippen molar-refractivity contribution in [1.29, 1.82) is 0 Å². The summed E-state index contributed by atoms with van der Waals surface area (Å²) in [6.07, 6.45) is 0. The molecule has 0 aliphatic carbocycles. The van der Waals surface area contributed by atoms with Crippen LogP contribution in [0.15, 0.2) is 237 Å². The van der Waals surface area contributed by atoms with Gasteiger partial charge in [-0.15, -0.1) is 0 Å². The van der Waals surface area contributed by atoms with Crippen molar-refractivity contribution in [3.63, 3.8) is 0 Å².